The van der Waals surface area contributed by atoms with Gasteiger partial charge in [0.15, 0.2) is 0 Å². The lowest BCUT2D eigenvalue weighted by Gasteiger charge is -2.41. The molecule has 4 rings (SSSR count). The third kappa shape index (κ3) is 2.36. The summed E-state index contributed by atoms with van der Waals surface area (Å²) in [7, 11) is 0. The third-order valence-electron chi connectivity index (χ3n) is 5.30. The number of rotatable bonds is 4. The molecule has 0 fully saturated rings. The third-order valence-corrected chi connectivity index (χ3v) is 5.30. The largest absolute Gasteiger partial charge is 0.438 e. The number of H-pyrrole nitrogens is 1. The molecule has 6 nitrogen and oxygen atoms in total. The topological polar surface area (TPSA) is 71.1 Å². The molecule has 1 aliphatic heterocycles. The van der Waals surface area contributed by atoms with Crippen LogP contribution in [0.1, 0.15) is 39.2 Å². The molecule has 0 aliphatic carbocycles. The number of hydrogen-bond donors (Lipinski definition) is 1. The Balaban J connectivity index is 1.94. The number of anilines is 1. The van der Waals surface area contributed by atoms with Crippen molar-refractivity contribution in [2.45, 2.75) is 39.2 Å². The molecule has 0 saturated carbocycles. The van der Waals surface area contributed by atoms with Gasteiger partial charge >= 0.3 is 6.09 Å². The van der Waals surface area contributed by atoms with Crippen molar-refractivity contribution in [1.82, 2.24) is 15.0 Å². The minimum atomic E-state index is -0.589. The average molecular weight is 350 g/mol. The van der Waals surface area contributed by atoms with Crippen LogP contribution in [0.25, 0.3) is 22.4 Å². The van der Waals surface area contributed by atoms with Crippen LogP contribution < -0.4 is 4.90 Å². The highest BCUT2D eigenvalue weighted by molar-refractivity contribution is 5.96. The molecule has 0 bridgehead atoms. The Morgan fingerprint density at radius 3 is 2.54 bits per heavy atom. The zero-order valence-electron chi connectivity index (χ0n) is 15.2. The van der Waals surface area contributed by atoms with E-state index in [1.54, 1.807) is 17.3 Å². The minimum Gasteiger partial charge on any atom is -0.438 e. The van der Waals surface area contributed by atoms with Crippen molar-refractivity contribution in [2.24, 2.45) is 0 Å². The molecule has 0 atom stereocenters. The first kappa shape index (κ1) is 16.6. The number of aromatic nitrogens is 3. The zero-order valence-corrected chi connectivity index (χ0v) is 15.2. The van der Waals surface area contributed by atoms with E-state index < -0.39 is 5.60 Å². The van der Waals surface area contributed by atoms with Crippen LogP contribution in [-0.2, 0) is 10.3 Å². The summed E-state index contributed by atoms with van der Waals surface area (Å²) in [5.41, 5.74) is 4.11. The summed E-state index contributed by atoms with van der Waals surface area (Å²) in [4.78, 5) is 26.4. The summed E-state index contributed by atoms with van der Waals surface area (Å²) < 4.78 is 5.89. The second kappa shape index (κ2) is 6.12. The predicted molar refractivity (Wildman–Crippen MR) is 101 cm³/mol. The number of amides is 1. The van der Waals surface area contributed by atoms with Gasteiger partial charge in [-0.1, -0.05) is 13.8 Å². The number of aromatic amines is 1. The van der Waals surface area contributed by atoms with E-state index in [0.29, 0.717) is 6.54 Å². The number of ether oxygens (including phenoxy) is 1. The minimum absolute atomic E-state index is 0.284. The Bertz CT molecular complexity index is 961. The predicted octanol–water partition coefficient (Wildman–Crippen LogP) is 4.62. The molecule has 0 saturated heterocycles. The fourth-order valence-electron chi connectivity index (χ4n) is 3.73. The molecule has 6 heteroatoms. The number of nitrogens with zero attached hydrogens (tertiary/aromatic N) is 3. The van der Waals surface area contributed by atoms with Crippen LogP contribution in [0.2, 0.25) is 0 Å². The van der Waals surface area contributed by atoms with Gasteiger partial charge in [0.1, 0.15) is 11.4 Å². The molecule has 3 aromatic rings. The van der Waals surface area contributed by atoms with Crippen LogP contribution >= 0.6 is 0 Å². The van der Waals surface area contributed by atoms with E-state index in [4.69, 9.17) is 9.72 Å². The summed E-state index contributed by atoms with van der Waals surface area (Å²) in [5.74, 6) is 0.790. The Kier molecular flexibility index (Phi) is 3.90. The van der Waals surface area contributed by atoms with Crippen molar-refractivity contribution in [3.63, 3.8) is 0 Å². The van der Waals surface area contributed by atoms with Gasteiger partial charge in [-0.15, -0.1) is 0 Å². The summed E-state index contributed by atoms with van der Waals surface area (Å²) >= 11 is 0. The summed E-state index contributed by atoms with van der Waals surface area (Å²) in [6, 6.07) is 7.93. The summed E-state index contributed by atoms with van der Waals surface area (Å²) in [6.07, 6.45) is 4.68. The number of benzene rings is 1. The fraction of sp³-hybridized carbons (Fsp3) is 0.350. The number of pyridine rings is 1. The van der Waals surface area contributed by atoms with Crippen LogP contribution in [0.3, 0.4) is 0 Å². The van der Waals surface area contributed by atoms with E-state index >= 15 is 0 Å². The van der Waals surface area contributed by atoms with Crippen molar-refractivity contribution in [3.8, 4) is 11.4 Å². The van der Waals surface area contributed by atoms with Gasteiger partial charge in [-0.3, -0.25) is 9.88 Å². The van der Waals surface area contributed by atoms with Gasteiger partial charge in [-0.05, 0) is 44.0 Å². The average Bonchev–Trinajstić information content (AvgIpc) is 3.10. The molecule has 3 heterocycles. The van der Waals surface area contributed by atoms with Crippen LogP contribution in [0.5, 0.6) is 0 Å². The lowest BCUT2D eigenvalue weighted by molar-refractivity contribution is -0.000825. The van der Waals surface area contributed by atoms with Crippen molar-refractivity contribution in [3.05, 3.63) is 42.2 Å². The number of carbonyl (C=O) groups is 1. The zero-order chi connectivity index (χ0) is 18.3. The Morgan fingerprint density at radius 1 is 1.15 bits per heavy atom. The molecular formula is C20H22N4O2. The number of imidazole rings is 1. The van der Waals surface area contributed by atoms with E-state index in [1.165, 1.54) is 0 Å². The highest BCUT2D eigenvalue weighted by Crippen LogP contribution is 2.45. The van der Waals surface area contributed by atoms with E-state index in [2.05, 4.69) is 29.9 Å². The lowest BCUT2D eigenvalue weighted by atomic mass is 9.85. The molecule has 134 valence electrons. The molecule has 2 aromatic heterocycles. The van der Waals surface area contributed by atoms with Gasteiger partial charge in [-0.2, -0.15) is 0 Å². The smallest absolute Gasteiger partial charge is 0.415 e. The number of fused-ring (bicyclic) bond motifs is 2. The second-order valence-electron chi connectivity index (χ2n) is 6.52. The van der Waals surface area contributed by atoms with E-state index in [1.807, 2.05) is 25.1 Å². The molecule has 26 heavy (non-hydrogen) atoms. The van der Waals surface area contributed by atoms with E-state index in [0.717, 1.165) is 46.5 Å². The molecule has 1 N–H and O–H groups in total. The number of hydrogen-bond acceptors (Lipinski definition) is 4. The second-order valence-corrected chi connectivity index (χ2v) is 6.52. The van der Waals surface area contributed by atoms with Gasteiger partial charge < -0.3 is 9.72 Å². The quantitative estimate of drug-likeness (QED) is 0.745. The van der Waals surface area contributed by atoms with Crippen molar-refractivity contribution >= 4 is 22.8 Å². The molecule has 1 aromatic carbocycles. The van der Waals surface area contributed by atoms with Crippen LogP contribution in [0, 0.1) is 0 Å². The van der Waals surface area contributed by atoms with E-state index in [9.17, 15) is 4.79 Å². The first-order chi connectivity index (χ1) is 12.6. The van der Waals surface area contributed by atoms with Crippen LogP contribution in [-0.4, -0.2) is 27.6 Å². The normalized spacial score (nSPS) is 15.8. The maximum absolute atomic E-state index is 12.6. The molecule has 1 aliphatic rings. The van der Waals surface area contributed by atoms with Gasteiger partial charge in [0.05, 0.1) is 16.7 Å². The summed E-state index contributed by atoms with van der Waals surface area (Å²) in [5, 5.41) is 0. The van der Waals surface area contributed by atoms with Crippen molar-refractivity contribution in [1.29, 1.82) is 0 Å². The molecule has 0 unspecified atom stereocenters. The number of cyclic esters (lactones) is 1. The van der Waals surface area contributed by atoms with Crippen molar-refractivity contribution in [2.75, 3.05) is 11.4 Å². The van der Waals surface area contributed by atoms with Gasteiger partial charge in [0.2, 0.25) is 0 Å². The van der Waals surface area contributed by atoms with Gasteiger partial charge in [0, 0.05) is 30.1 Å². The number of nitrogens with one attached hydrogen (secondary N) is 1. The Morgan fingerprint density at radius 2 is 1.88 bits per heavy atom. The number of carbonyl (C=O) groups excluding carboxylic acids is 1. The van der Waals surface area contributed by atoms with E-state index in [-0.39, 0.29) is 6.09 Å². The first-order valence-corrected chi connectivity index (χ1v) is 9.07. The van der Waals surface area contributed by atoms with Gasteiger partial charge in [-0.25, -0.2) is 9.78 Å². The molecule has 0 spiro atoms. The SMILES string of the molecule is CCN1C(=O)OC(CC)(CC)c2cc3[nH]c(-c4ccncc4)nc3cc21. The highest BCUT2D eigenvalue weighted by Gasteiger charge is 2.42. The summed E-state index contributed by atoms with van der Waals surface area (Å²) in [6.45, 7) is 6.62. The maximum atomic E-state index is 12.6. The van der Waals surface area contributed by atoms with Crippen LogP contribution in [0.15, 0.2) is 36.7 Å². The highest BCUT2D eigenvalue weighted by atomic mass is 16.6. The molecule has 0 radical (unpaired) electrons. The van der Waals surface area contributed by atoms with Crippen molar-refractivity contribution < 1.29 is 9.53 Å². The van der Waals surface area contributed by atoms with Crippen LogP contribution in [0.4, 0.5) is 10.5 Å². The monoisotopic (exact) mass is 350 g/mol. The Labute approximate surface area is 152 Å². The van der Waals surface area contributed by atoms with Gasteiger partial charge in [0.25, 0.3) is 0 Å². The lowest BCUT2D eigenvalue weighted by Crippen LogP contribution is -2.45. The molecular weight excluding hydrogens is 328 g/mol. The standard InChI is InChI=1S/C20H22N4O2/c1-4-20(5-2)14-11-15-16(12-17(14)24(6-3)19(25)26-20)23-18(22-15)13-7-9-21-10-8-13/h7-12H,4-6H2,1-3H3,(H,22,23). The first-order valence-electron chi connectivity index (χ1n) is 9.07. The molecule has 1 amide bonds. The maximum Gasteiger partial charge on any atom is 0.415 e. The Hall–Kier alpha value is -2.89. The fourth-order valence-corrected chi connectivity index (χ4v) is 3.73.